The van der Waals surface area contributed by atoms with E-state index < -0.39 is 10.0 Å². The second-order valence-electron chi connectivity index (χ2n) is 5.75. The van der Waals surface area contributed by atoms with Crippen LogP contribution in [0, 0.1) is 19.8 Å². The minimum atomic E-state index is -3.58. The minimum absolute atomic E-state index is 0.207. The van der Waals surface area contributed by atoms with Gasteiger partial charge in [0.1, 0.15) is 4.90 Å². The molecule has 0 atom stereocenters. The molecule has 0 unspecified atom stereocenters. The van der Waals surface area contributed by atoms with Gasteiger partial charge in [-0.1, -0.05) is 0 Å². The van der Waals surface area contributed by atoms with E-state index in [1.165, 1.54) is 4.31 Å². The SMILES string of the molecule is CCOC(=O)C1CCN(S(=O)(=O)c2c(C)nn(CC)c2C)CC1. The molecule has 0 bridgehead atoms. The number of aryl methyl sites for hydroxylation is 2. The highest BCUT2D eigenvalue weighted by atomic mass is 32.2. The summed E-state index contributed by atoms with van der Waals surface area (Å²) in [5.74, 6) is -0.433. The van der Waals surface area contributed by atoms with Crippen molar-refractivity contribution in [1.29, 1.82) is 0 Å². The van der Waals surface area contributed by atoms with Crippen LogP contribution in [0.2, 0.25) is 0 Å². The largest absolute Gasteiger partial charge is 0.466 e. The summed E-state index contributed by atoms with van der Waals surface area (Å²) in [6, 6.07) is 0. The number of carbonyl (C=O) groups excluding carboxylic acids is 1. The van der Waals surface area contributed by atoms with Crippen LogP contribution in [-0.4, -0.2) is 48.2 Å². The number of piperidine rings is 1. The Kier molecular flexibility index (Phi) is 5.46. The molecule has 23 heavy (non-hydrogen) atoms. The molecule has 2 heterocycles. The number of nitrogens with zero attached hydrogens (tertiary/aromatic N) is 3. The van der Waals surface area contributed by atoms with Gasteiger partial charge in [-0.2, -0.15) is 9.40 Å². The molecule has 1 aliphatic heterocycles. The third kappa shape index (κ3) is 3.42. The van der Waals surface area contributed by atoms with Crippen LogP contribution < -0.4 is 0 Å². The molecule has 0 aliphatic carbocycles. The van der Waals surface area contributed by atoms with Crippen LogP contribution in [0.1, 0.15) is 38.1 Å². The fourth-order valence-corrected chi connectivity index (χ4v) is 4.93. The molecule has 0 amide bonds. The van der Waals surface area contributed by atoms with E-state index in [9.17, 15) is 13.2 Å². The lowest BCUT2D eigenvalue weighted by atomic mass is 9.98. The van der Waals surface area contributed by atoms with E-state index >= 15 is 0 Å². The molecule has 1 aromatic heterocycles. The van der Waals surface area contributed by atoms with Gasteiger partial charge >= 0.3 is 5.97 Å². The number of esters is 1. The fourth-order valence-electron chi connectivity index (χ4n) is 3.08. The van der Waals surface area contributed by atoms with E-state index in [4.69, 9.17) is 4.74 Å². The van der Waals surface area contributed by atoms with Crippen molar-refractivity contribution in [2.45, 2.75) is 52.0 Å². The Morgan fingerprint density at radius 3 is 2.35 bits per heavy atom. The van der Waals surface area contributed by atoms with E-state index in [1.807, 2.05) is 6.92 Å². The molecule has 8 heteroatoms. The summed E-state index contributed by atoms with van der Waals surface area (Å²) in [4.78, 5) is 12.1. The van der Waals surface area contributed by atoms with Crippen molar-refractivity contribution in [2.24, 2.45) is 5.92 Å². The van der Waals surface area contributed by atoms with Gasteiger partial charge in [-0.3, -0.25) is 9.48 Å². The molecule has 0 N–H and O–H groups in total. The first-order chi connectivity index (χ1) is 10.8. The van der Waals surface area contributed by atoms with E-state index in [-0.39, 0.29) is 11.9 Å². The van der Waals surface area contributed by atoms with Crippen molar-refractivity contribution < 1.29 is 17.9 Å². The van der Waals surface area contributed by atoms with Crippen molar-refractivity contribution in [3.63, 3.8) is 0 Å². The molecule has 0 saturated carbocycles. The van der Waals surface area contributed by atoms with Crippen molar-refractivity contribution in [3.05, 3.63) is 11.4 Å². The Morgan fingerprint density at radius 2 is 1.87 bits per heavy atom. The summed E-state index contributed by atoms with van der Waals surface area (Å²) in [6.07, 6.45) is 0.996. The first kappa shape index (κ1) is 17.9. The summed E-state index contributed by atoms with van der Waals surface area (Å²) in [7, 11) is -3.58. The topological polar surface area (TPSA) is 81.5 Å². The van der Waals surface area contributed by atoms with Gasteiger partial charge in [0.25, 0.3) is 0 Å². The average molecular weight is 343 g/mol. The second-order valence-corrected chi connectivity index (χ2v) is 7.62. The summed E-state index contributed by atoms with van der Waals surface area (Å²) < 4.78 is 34.0. The predicted molar refractivity (Wildman–Crippen MR) is 85.5 cm³/mol. The Hall–Kier alpha value is -1.41. The van der Waals surface area contributed by atoms with Crippen molar-refractivity contribution in [2.75, 3.05) is 19.7 Å². The molecule has 1 aromatic rings. The molecule has 2 rings (SSSR count). The van der Waals surface area contributed by atoms with Gasteiger partial charge in [-0.15, -0.1) is 0 Å². The number of hydrogen-bond donors (Lipinski definition) is 0. The van der Waals surface area contributed by atoms with Crippen LogP contribution >= 0.6 is 0 Å². The lowest BCUT2D eigenvalue weighted by molar-refractivity contribution is -0.149. The summed E-state index contributed by atoms with van der Waals surface area (Å²) in [5.41, 5.74) is 1.19. The number of sulfonamides is 1. The van der Waals surface area contributed by atoms with Gasteiger partial charge in [-0.05, 0) is 40.5 Å². The molecule has 1 saturated heterocycles. The maximum absolute atomic E-state index is 12.9. The Bertz CT molecular complexity index is 673. The third-order valence-electron chi connectivity index (χ3n) is 4.29. The predicted octanol–water partition coefficient (Wildman–Crippen LogP) is 1.48. The molecular weight excluding hydrogens is 318 g/mol. The average Bonchev–Trinajstić information content (AvgIpc) is 2.82. The number of rotatable bonds is 5. The molecule has 1 aliphatic rings. The van der Waals surface area contributed by atoms with E-state index in [1.54, 1.807) is 25.5 Å². The Labute approximate surface area is 137 Å². The second kappa shape index (κ2) is 7.00. The number of ether oxygens (including phenoxy) is 1. The quantitative estimate of drug-likeness (QED) is 0.757. The van der Waals surface area contributed by atoms with Crippen molar-refractivity contribution >= 4 is 16.0 Å². The maximum atomic E-state index is 12.9. The molecule has 0 radical (unpaired) electrons. The van der Waals surface area contributed by atoms with E-state index in [2.05, 4.69) is 5.10 Å². The lowest BCUT2D eigenvalue weighted by Gasteiger charge is -2.30. The van der Waals surface area contributed by atoms with Gasteiger partial charge in [0.15, 0.2) is 0 Å². The van der Waals surface area contributed by atoms with E-state index in [0.717, 1.165) is 0 Å². The third-order valence-corrected chi connectivity index (χ3v) is 6.44. The van der Waals surface area contributed by atoms with Crippen molar-refractivity contribution in [3.8, 4) is 0 Å². The number of aromatic nitrogens is 2. The highest BCUT2D eigenvalue weighted by Gasteiger charge is 2.35. The van der Waals surface area contributed by atoms with Crippen LogP contribution in [0.3, 0.4) is 0 Å². The van der Waals surface area contributed by atoms with Crippen LogP contribution in [0.4, 0.5) is 0 Å². The molecule has 1 fully saturated rings. The fraction of sp³-hybridized carbons (Fsp3) is 0.733. The van der Waals surface area contributed by atoms with Crippen LogP contribution in [-0.2, 0) is 26.1 Å². The van der Waals surface area contributed by atoms with Crippen LogP contribution in [0.15, 0.2) is 4.90 Å². The highest BCUT2D eigenvalue weighted by Crippen LogP contribution is 2.28. The zero-order valence-electron chi connectivity index (χ0n) is 14.2. The van der Waals surface area contributed by atoms with Gasteiger partial charge in [-0.25, -0.2) is 8.42 Å². The van der Waals surface area contributed by atoms with Crippen molar-refractivity contribution in [1.82, 2.24) is 14.1 Å². The standard InChI is InChI=1S/C15H25N3O4S/c1-5-18-12(4)14(11(3)16-18)23(20,21)17-9-7-13(8-10-17)15(19)22-6-2/h13H,5-10H2,1-4H3. The number of hydrogen-bond acceptors (Lipinski definition) is 5. The summed E-state index contributed by atoms with van der Waals surface area (Å²) >= 11 is 0. The normalized spacial score (nSPS) is 17.4. The van der Waals surface area contributed by atoms with Crippen LogP contribution in [0.5, 0.6) is 0 Å². The Morgan fingerprint density at radius 1 is 1.26 bits per heavy atom. The highest BCUT2D eigenvalue weighted by molar-refractivity contribution is 7.89. The van der Waals surface area contributed by atoms with Gasteiger partial charge < -0.3 is 4.74 Å². The first-order valence-corrected chi connectivity index (χ1v) is 9.47. The maximum Gasteiger partial charge on any atom is 0.309 e. The minimum Gasteiger partial charge on any atom is -0.466 e. The molecule has 130 valence electrons. The molecular formula is C15H25N3O4S. The summed E-state index contributed by atoms with van der Waals surface area (Å²) in [5, 5.41) is 4.29. The Balaban J connectivity index is 2.17. The molecule has 7 nitrogen and oxygen atoms in total. The van der Waals surface area contributed by atoms with E-state index in [0.29, 0.717) is 55.4 Å². The van der Waals surface area contributed by atoms with Crippen LogP contribution in [0.25, 0.3) is 0 Å². The van der Waals surface area contributed by atoms with Gasteiger partial charge in [0, 0.05) is 19.6 Å². The first-order valence-electron chi connectivity index (χ1n) is 8.03. The zero-order chi connectivity index (χ0) is 17.2. The zero-order valence-corrected chi connectivity index (χ0v) is 15.0. The lowest BCUT2D eigenvalue weighted by Crippen LogP contribution is -2.40. The van der Waals surface area contributed by atoms with Gasteiger partial charge in [0.2, 0.25) is 10.0 Å². The summed E-state index contributed by atoms with van der Waals surface area (Å²) in [6.45, 7) is 8.86. The van der Waals surface area contributed by atoms with Gasteiger partial charge in [0.05, 0.1) is 23.9 Å². The monoisotopic (exact) mass is 343 g/mol. The molecule has 0 spiro atoms. The number of carbonyl (C=O) groups is 1. The molecule has 0 aromatic carbocycles. The smallest absolute Gasteiger partial charge is 0.309 e.